The maximum Gasteiger partial charge on any atom is 0.193 e. The minimum absolute atomic E-state index is 0.160. The molecule has 0 atom stereocenters. The van der Waals surface area contributed by atoms with Gasteiger partial charge in [0.25, 0.3) is 0 Å². The molecule has 76 valence electrons. The Morgan fingerprint density at radius 2 is 1.87 bits per heavy atom. The third-order valence-electron chi connectivity index (χ3n) is 1.97. The van der Waals surface area contributed by atoms with Crippen molar-refractivity contribution in [2.45, 2.75) is 0 Å². The molecular formula is C11H6F2OS. The first kappa shape index (κ1) is 9.98. The van der Waals surface area contributed by atoms with Gasteiger partial charge in [-0.05, 0) is 29.6 Å². The van der Waals surface area contributed by atoms with E-state index in [0.29, 0.717) is 5.56 Å². The van der Waals surface area contributed by atoms with Crippen molar-refractivity contribution in [3.05, 3.63) is 57.8 Å². The summed E-state index contributed by atoms with van der Waals surface area (Å²) in [5.74, 6) is -2.25. The zero-order chi connectivity index (χ0) is 10.8. The number of rotatable bonds is 2. The van der Waals surface area contributed by atoms with Gasteiger partial charge in [-0.1, -0.05) is 0 Å². The summed E-state index contributed by atoms with van der Waals surface area (Å²) in [7, 11) is 0. The smallest absolute Gasteiger partial charge is 0.193 e. The molecule has 2 aromatic rings. The first-order chi connectivity index (χ1) is 7.18. The molecule has 4 heteroatoms. The molecule has 0 saturated carbocycles. The Hall–Kier alpha value is -1.55. The molecule has 0 fully saturated rings. The standard InChI is InChI=1S/C11H6F2OS/c12-9-2-1-7(5-10(9)13)11(14)8-3-4-15-6-8/h1-6H. The minimum Gasteiger partial charge on any atom is -0.289 e. The van der Waals surface area contributed by atoms with Crippen molar-refractivity contribution in [3.63, 3.8) is 0 Å². The summed E-state index contributed by atoms with van der Waals surface area (Å²) < 4.78 is 25.5. The van der Waals surface area contributed by atoms with Crippen LogP contribution in [0.4, 0.5) is 8.78 Å². The lowest BCUT2D eigenvalue weighted by Crippen LogP contribution is -2.00. The van der Waals surface area contributed by atoms with Crippen LogP contribution >= 0.6 is 11.3 Å². The van der Waals surface area contributed by atoms with Crippen LogP contribution in [0.2, 0.25) is 0 Å². The number of carbonyl (C=O) groups is 1. The van der Waals surface area contributed by atoms with Crippen molar-refractivity contribution in [2.24, 2.45) is 0 Å². The summed E-state index contributed by atoms with van der Waals surface area (Å²) in [4.78, 5) is 11.7. The van der Waals surface area contributed by atoms with Gasteiger partial charge in [-0.25, -0.2) is 8.78 Å². The van der Waals surface area contributed by atoms with E-state index in [2.05, 4.69) is 0 Å². The van der Waals surface area contributed by atoms with Crippen LogP contribution in [0.25, 0.3) is 0 Å². The van der Waals surface area contributed by atoms with Gasteiger partial charge in [0.05, 0.1) is 0 Å². The van der Waals surface area contributed by atoms with Crippen molar-refractivity contribution >= 4 is 17.1 Å². The van der Waals surface area contributed by atoms with Crippen LogP contribution < -0.4 is 0 Å². The van der Waals surface area contributed by atoms with Gasteiger partial charge >= 0.3 is 0 Å². The lowest BCUT2D eigenvalue weighted by Gasteiger charge is -1.99. The van der Waals surface area contributed by atoms with Crippen LogP contribution in [-0.2, 0) is 0 Å². The van der Waals surface area contributed by atoms with E-state index in [4.69, 9.17) is 0 Å². The zero-order valence-electron chi connectivity index (χ0n) is 7.54. The monoisotopic (exact) mass is 224 g/mol. The molecular weight excluding hydrogens is 218 g/mol. The van der Waals surface area contributed by atoms with Crippen LogP contribution in [0, 0.1) is 11.6 Å². The van der Waals surface area contributed by atoms with Crippen LogP contribution in [-0.4, -0.2) is 5.78 Å². The van der Waals surface area contributed by atoms with Crippen LogP contribution in [0.15, 0.2) is 35.0 Å². The Labute approximate surface area is 89.0 Å². The predicted octanol–water partition coefficient (Wildman–Crippen LogP) is 3.26. The van der Waals surface area contributed by atoms with Crippen molar-refractivity contribution in [1.29, 1.82) is 0 Å². The highest BCUT2D eigenvalue weighted by atomic mass is 32.1. The molecule has 0 amide bonds. The molecule has 1 aromatic carbocycles. The normalized spacial score (nSPS) is 10.3. The highest BCUT2D eigenvalue weighted by Crippen LogP contribution is 2.15. The summed E-state index contributed by atoms with van der Waals surface area (Å²) in [5.41, 5.74) is 0.651. The third kappa shape index (κ3) is 1.94. The predicted molar refractivity (Wildman–Crippen MR) is 54.1 cm³/mol. The van der Waals surface area contributed by atoms with Gasteiger partial charge < -0.3 is 0 Å². The number of hydrogen-bond donors (Lipinski definition) is 0. The maximum absolute atomic E-state index is 12.9. The number of thiophene rings is 1. The maximum atomic E-state index is 12.9. The number of hydrogen-bond acceptors (Lipinski definition) is 2. The lowest BCUT2D eigenvalue weighted by atomic mass is 10.1. The molecule has 2 rings (SSSR count). The van der Waals surface area contributed by atoms with Gasteiger partial charge in [-0.3, -0.25) is 4.79 Å². The molecule has 1 heterocycles. The second kappa shape index (κ2) is 3.90. The van der Waals surface area contributed by atoms with Gasteiger partial charge in [0.2, 0.25) is 0 Å². The van der Waals surface area contributed by atoms with Crippen molar-refractivity contribution < 1.29 is 13.6 Å². The molecule has 1 aromatic heterocycles. The fourth-order valence-electron chi connectivity index (χ4n) is 1.20. The highest BCUT2D eigenvalue weighted by molar-refractivity contribution is 7.08. The SMILES string of the molecule is O=C(c1ccsc1)c1ccc(F)c(F)c1. The van der Waals surface area contributed by atoms with E-state index in [-0.39, 0.29) is 11.3 Å². The van der Waals surface area contributed by atoms with Gasteiger partial charge in [-0.15, -0.1) is 0 Å². The first-order valence-corrected chi connectivity index (χ1v) is 5.15. The van der Waals surface area contributed by atoms with E-state index in [1.54, 1.807) is 16.8 Å². The second-order valence-electron chi connectivity index (χ2n) is 2.97. The van der Waals surface area contributed by atoms with E-state index in [0.717, 1.165) is 12.1 Å². The fraction of sp³-hybridized carbons (Fsp3) is 0. The minimum atomic E-state index is -1.00. The van der Waals surface area contributed by atoms with Crippen LogP contribution in [0.1, 0.15) is 15.9 Å². The number of benzene rings is 1. The summed E-state index contributed by atoms with van der Waals surface area (Å²) in [6.45, 7) is 0. The Kier molecular flexibility index (Phi) is 2.60. The van der Waals surface area contributed by atoms with E-state index in [1.165, 1.54) is 17.4 Å². The van der Waals surface area contributed by atoms with E-state index in [9.17, 15) is 13.6 Å². The van der Waals surface area contributed by atoms with E-state index >= 15 is 0 Å². The second-order valence-corrected chi connectivity index (χ2v) is 3.75. The lowest BCUT2D eigenvalue weighted by molar-refractivity contribution is 0.103. The molecule has 0 N–H and O–H groups in total. The Balaban J connectivity index is 2.39. The zero-order valence-corrected chi connectivity index (χ0v) is 8.35. The summed E-state index contributed by atoms with van der Waals surface area (Å²) >= 11 is 1.38. The molecule has 0 saturated heterocycles. The van der Waals surface area contributed by atoms with Crippen LogP contribution in [0.5, 0.6) is 0 Å². The Morgan fingerprint density at radius 3 is 2.47 bits per heavy atom. The molecule has 0 aliphatic rings. The summed E-state index contributed by atoms with van der Waals surface area (Å²) in [5, 5.41) is 3.43. The fourth-order valence-corrected chi connectivity index (χ4v) is 1.83. The average molecular weight is 224 g/mol. The molecule has 0 aliphatic heterocycles. The number of ketones is 1. The van der Waals surface area contributed by atoms with E-state index < -0.39 is 11.6 Å². The molecule has 0 radical (unpaired) electrons. The van der Waals surface area contributed by atoms with Gasteiger partial charge in [0, 0.05) is 16.5 Å². The third-order valence-corrected chi connectivity index (χ3v) is 2.65. The first-order valence-electron chi connectivity index (χ1n) is 4.20. The number of carbonyl (C=O) groups excluding carboxylic acids is 1. The van der Waals surface area contributed by atoms with Gasteiger partial charge in [0.1, 0.15) is 0 Å². The Morgan fingerprint density at radius 1 is 1.07 bits per heavy atom. The summed E-state index contributed by atoms with van der Waals surface area (Å²) in [6.07, 6.45) is 0. The summed E-state index contributed by atoms with van der Waals surface area (Å²) in [6, 6.07) is 4.79. The largest absolute Gasteiger partial charge is 0.289 e. The highest BCUT2D eigenvalue weighted by Gasteiger charge is 2.11. The molecule has 0 aliphatic carbocycles. The van der Waals surface area contributed by atoms with Crippen molar-refractivity contribution in [1.82, 2.24) is 0 Å². The average Bonchev–Trinajstić information content (AvgIpc) is 2.74. The topological polar surface area (TPSA) is 17.1 Å². The molecule has 1 nitrogen and oxygen atoms in total. The van der Waals surface area contributed by atoms with Crippen LogP contribution in [0.3, 0.4) is 0 Å². The number of halogens is 2. The molecule has 0 bridgehead atoms. The molecule has 0 spiro atoms. The van der Waals surface area contributed by atoms with E-state index in [1.807, 2.05) is 0 Å². The molecule has 15 heavy (non-hydrogen) atoms. The van der Waals surface area contributed by atoms with Crippen molar-refractivity contribution in [2.75, 3.05) is 0 Å². The molecule has 0 unspecified atom stereocenters. The van der Waals surface area contributed by atoms with Crippen molar-refractivity contribution in [3.8, 4) is 0 Å². The van der Waals surface area contributed by atoms with Gasteiger partial charge in [0.15, 0.2) is 17.4 Å². The van der Waals surface area contributed by atoms with Gasteiger partial charge in [-0.2, -0.15) is 11.3 Å². The quantitative estimate of drug-likeness (QED) is 0.715. The Bertz CT molecular complexity index is 491.